The second-order valence-corrected chi connectivity index (χ2v) is 8.83. The van der Waals surface area contributed by atoms with Crippen LogP contribution in [0.1, 0.15) is 44.9 Å². The number of carbonyl (C=O) groups excluding carboxylic acids is 3. The summed E-state index contributed by atoms with van der Waals surface area (Å²) in [6, 6.07) is 6.89. The van der Waals surface area contributed by atoms with E-state index in [1.165, 1.54) is 6.42 Å². The molecule has 1 aliphatic carbocycles. The fourth-order valence-electron chi connectivity index (χ4n) is 4.54. The number of anilines is 1. The summed E-state index contributed by atoms with van der Waals surface area (Å²) < 4.78 is 2.18. The first-order valence-corrected chi connectivity index (χ1v) is 10.9. The predicted octanol–water partition coefficient (Wildman–Crippen LogP) is 2.33. The first kappa shape index (κ1) is 19.7. The number of benzene rings is 1. The number of amides is 4. The molecule has 1 saturated carbocycles. The fourth-order valence-corrected chi connectivity index (χ4v) is 4.54. The fraction of sp³-hybridized carbons (Fsp3) is 0.500. The van der Waals surface area contributed by atoms with Crippen molar-refractivity contribution in [3.8, 4) is 11.4 Å². The number of nitrogens with one attached hydrogen (secondary N) is 2. The Kier molecular flexibility index (Phi) is 4.75. The summed E-state index contributed by atoms with van der Waals surface area (Å²) in [5.41, 5.74) is 0.657. The van der Waals surface area contributed by atoms with Crippen LogP contribution >= 0.6 is 0 Å². The molecule has 9 nitrogen and oxygen atoms in total. The molecule has 0 bridgehead atoms. The lowest BCUT2D eigenvalue weighted by Crippen LogP contribution is -2.46. The van der Waals surface area contributed by atoms with E-state index in [2.05, 4.69) is 25.4 Å². The lowest BCUT2D eigenvalue weighted by atomic mass is 9.96. The van der Waals surface area contributed by atoms with Gasteiger partial charge in [-0.3, -0.25) is 14.5 Å². The van der Waals surface area contributed by atoms with Gasteiger partial charge in [0.25, 0.3) is 5.91 Å². The van der Waals surface area contributed by atoms with Crippen molar-refractivity contribution in [2.24, 2.45) is 5.92 Å². The Morgan fingerprint density at radius 1 is 1.16 bits per heavy atom. The molecule has 3 heterocycles. The molecule has 0 radical (unpaired) electrons. The van der Waals surface area contributed by atoms with Crippen molar-refractivity contribution in [2.45, 2.75) is 57.5 Å². The molecular formula is C22H26N6O3. The quantitative estimate of drug-likeness (QED) is 0.719. The van der Waals surface area contributed by atoms with E-state index in [0.717, 1.165) is 60.8 Å². The van der Waals surface area contributed by atoms with Crippen LogP contribution in [0.25, 0.3) is 11.4 Å². The van der Waals surface area contributed by atoms with Crippen LogP contribution in [0, 0.1) is 5.92 Å². The molecule has 162 valence electrons. The Bertz CT molecular complexity index is 1040. The molecular weight excluding hydrogens is 396 g/mol. The Morgan fingerprint density at radius 2 is 1.94 bits per heavy atom. The molecule has 1 atom stereocenters. The van der Waals surface area contributed by atoms with Gasteiger partial charge in [0.1, 0.15) is 17.9 Å². The van der Waals surface area contributed by atoms with E-state index in [1.807, 2.05) is 12.1 Å². The molecule has 5 rings (SSSR count). The van der Waals surface area contributed by atoms with Crippen LogP contribution in [-0.2, 0) is 22.6 Å². The Morgan fingerprint density at radius 3 is 2.68 bits per heavy atom. The van der Waals surface area contributed by atoms with E-state index in [4.69, 9.17) is 0 Å². The Labute approximate surface area is 180 Å². The largest absolute Gasteiger partial charge is 0.325 e. The van der Waals surface area contributed by atoms with Crippen LogP contribution < -0.4 is 10.6 Å². The zero-order chi connectivity index (χ0) is 21.6. The second kappa shape index (κ2) is 7.47. The summed E-state index contributed by atoms with van der Waals surface area (Å²) in [6.45, 7) is 2.36. The first-order valence-electron chi connectivity index (χ1n) is 10.9. The van der Waals surface area contributed by atoms with E-state index in [0.29, 0.717) is 5.69 Å². The minimum absolute atomic E-state index is 0.164. The zero-order valence-corrected chi connectivity index (χ0v) is 17.6. The maximum Gasteiger partial charge on any atom is 0.325 e. The highest BCUT2D eigenvalue weighted by molar-refractivity contribution is 6.10. The first-order chi connectivity index (χ1) is 15.0. The van der Waals surface area contributed by atoms with Crippen LogP contribution in [0.3, 0.4) is 0 Å². The van der Waals surface area contributed by atoms with E-state index < -0.39 is 17.5 Å². The number of fused-ring (bicyclic) bond motifs is 1. The van der Waals surface area contributed by atoms with Gasteiger partial charge in [0.15, 0.2) is 5.82 Å². The summed E-state index contributed by atoms with van der Waals surface area (Å²) in [6.07, 6.45) is 6.25. The molecule has 1 aromatic carbocycles. The molecule has 9 heteroatoms. The van der Waals surface area contributed by atoms with Crippen molar-refractivity contribution in [2.75, 3.05) is 11.9 Å². The molecule has 0 spiro atoms. The van der Waals surface area contributed by atoms with E-state index >= 15 is 0 Å². The van der Waals surface area contributed by atoms with Crippen LogP contribution in [0.5, 0.6) is 0 Å². The average molecular weight is 422 g/mol. The van der Waals surface area contributed by atoms with Gasteiger partial charge in [-0.2, -0.15) is 0 Å². The Balaban J connectivity index is 1.24. The average Bonchev–Trinajstić information content (AvgIpc) is 3.54. The Hall–Kier alpha value is -3.23. The second-order valence-electron chi connectivity index (χ2n) is 8.83. The van der Waals surface area contributed by atoms with Crippen LogP contribution in [0.15, 0.2) is 24.3 Å². The van der Waals surface area contributed by atoms with Gasteiger partial charge >= 0.3 is 6.03 Å². The monoisotopic (exact) mass is 422 g/mol. The summed E-state index contributed by atoms with van der Waals surface area (Å²) >= 11 is 0. The summed E-state index contributed by atoms with van der Waals surface area (Å²) in [5.74, 6) is 1.30. The third-order valence-electron chi connectivity index (χ3n) is 6.53. The number of rotatable bonds is 5. The van der Waals surface area contributed by atoms with E-state index in [9.17, 15) is 14.4 Å². The lowest BCUT2D eigenvalue weighted by Gasteiger charge is -2.20. The van der Waals surface area contributed by atoms with E-state index in [-0.39, 0.29) is 18.4 Å². The van der Waals surface area contributed by atoms with Crippen molar-refractivity contribution >= 4 is 23.5 Å². The van der Waals surface area contributed by atoms with Gasteiger partial charge in [0.2, 0.25) is 5.91 Å². The summed E-state index contributed by atoms with van der Waals surface area (Å²) in [7, 11) is 0. The van der Waals surface area contributed by atoms with Crippen molar-refractivity contribution in [1.29, 1.82) is 0 Å². The molecule has 2 fully saturated rings. The minimum atomic E-state index is -0.880. The normalized spacial score (nSPS) is 23.3. The highest BCUT2D eigenvalue weighted by atomic mass is 16.2. The molecule has 31 heavy (non-hydrogen) atoms. The summed E-state index contributed by atoms with van der Waals surface area (Å²) in [5, 5.41) is 14.2. The number of nitrogens with zero attached hydrogens (tertiary/aromatic N) is 4. The van der Waals surface area contributed by atoms with Crippen LogP contribution in [0.4, 0.5) is 10.5 Å². The molecule has 2 aromatic rings. The number of hydrogen-bond donors (Lipinski definition) is 2. The minimum Gasteiger partial charge on any atom is -0.325 e. The van der Waals surface area contributed by atoms with Crippen LogP contribution in [0.2, 0.25) is 0 Å². The molecule has 2 N–H and O–H groups in total. The van der Waals surface area contributed by atoms with Gasteiger partial charge in [-0.1, -0.05) is 6.42 Å². The maximum absolute atomic E-state index is 12.7. The maximum atomic E-state index is 12.7. The van der Waals surface area contributed by atoms with Gasteiger partial charge in [0.05, 0.1) is 0 Å². The zero-order valence-electron chi connectivity index (χ0n) is 17.6. The topological polar surface area (TPSA) is 109 Å². The van der Waals surface area contributed by atoms with Gasteiger partial charge in [-0.15, -0.1) is 10.2 Å². The number of carbonyl (C=O) groups is 3. The lowest BCUT2D eigenvalue weighted by molar-refractivity contribution is -0.134. The third kappa shape index (κ3) is 3.58. The van der Waals surface area contributed by atoms with Crippen molar-refractivity contribution in [3.05, 3.63) is 30.1 Å². The van der Waals surface area contributed by atoms with Gasteiger partial charge in [-0.05, 0) is 62.8 Å². The molecule has 4 amide bonds. The smallest absolute Gasteiger partial charge is 0.325 e. The molecule has 3 aliphatic rings. The van der Waals surface area contributed by atoms with Crippen molar-refractivity contribution in [3.63, 3.8) is 0 Å². The third-order valence-corrected chi connectivity index (χ3v) is 6.53. The highest BCUT2D eigenvalue weighted by Crippen LogP contribution is 2.42. The molecule has 0 unspecified atom stereocenters. The van der Waals surface area contributed by atoms with Gasteiger partial charge in [0, 0.05) is 24.2 Å². The molecule has 1 saturated heterocycles. The number of aromatic nitrogens is 3. The molecule has 2 aliphatic heterocycles. The van der Waals surface area contributed by atoms with Gasteiger partial charge in [-0.25, -0.2) is 4.79 Å². The predicted molar refractivity (Wildman–Crippen MR) is 113 cm³/mol. The number of aryl methyl sites for hydroxylation is 1. The SMILES string of the molecule is C[C@@]1(C2CC2)NC(=O)N(CC(=O)Nc2ccc(-c3nnc4n3CCCCC4)cc2)C1=O. The van der Waals surface area contributed by atoms with Crippen molar-refractivity contribution in [1.82, 2.24) is 25.0 Å². The number of imide groups is 1. The van der Waals surface area contributed by atoms with Gasteiger partial charge < -0.3 is 15.2 Å². The highest BCUT2D eigenvalue weighted by Gasteiger charge is 2.56. The van der Waals surface area contributed by atoms with E-state index in [1.54, 1.807) is 19.1 Å². The van der Waals surface area contributed by atoms with Crippen LogP contribution in [-0.4, -0.2) is 49.6 Å². The number of hydrogen-bond acceptors (Lipinski definition) is 5. The molecule has 1 aromatic heterocycles. The van der Waals surface area contributed by atoms with Crippen molar-refractivity contribution < 1.29 is 14.4 Å². The summed E-state index contributed by atoms with van der Waals surface area (Å²) in [4.78, 5) is 38.4. The number of urea groups is 1. The standard InChI is InChI=1S/C22H26N6O3/c1-22(15-8-9-15)20(30)28(21(31)24-22)13-18(29)23-16-10-6-14(7-11-16)19-26-25-17-5-3-2-4-12-27(17)19/h6-7,10-11,15H,2-5,8-9,12-13H2,1H3,(H,23,29)(H,24,31)/t22-/m0/s1.